The van der Waals surface area contributed by atoms with Crippen LogP contribution in [0.15, 0.2) is 27.1 Å². The molecule has 0 unspecified atom stereocenters. The molecule has 0 spiro atoms. The molecule has 1 N–H and O–H groups in total. The first-order valence-corrected chi connectivity index (χ1v) is 7.82. The third-order valence-electron chi connectivity index (χ3n) is 2.59. The maximum absolute atomic E-state index is 12.1. The average Bonchev–Trinajstić information content (AvgIpc) is 3.00. The zero-order valence-corrected chi connectivity index (χ0v) is 13.7. The summed E-state index contributed by atoms with van der Waals surface area (Å²) in [5.41, 5.74) is 1.05. The van der Waals surface area contributed by atoms with E-state index in [2.05, 4.69) is 31.3 Å². The van der Waals surface area contributed by atoms with Gasteiger partial charge in [0, 0.05) is 24.7 Å². The number of carbonyl (C=O) groups is 1. The predicted molar refractivity (Wildman–Crippen MR) is 85.1 cm³/mol. The van der Waals surface area contributed by atoms with E-state index in [9.17, 15) is 4.79 Å². The van der Waals surface area contributed by atoms with Gasteiger partial charge in [-0.2, -0.15) is 5.10 Å². The van der Waals surface area contributed by atoms with E-state index in [0.717, 1.165) is 15.1 Å². The molecule has 0 radical (unpaired) electrons. The van der Waals surface area contributed by atoms with Crippen molar-refractivity contribution in [2.45, 2.75) is 13.3 Å². The summed E-state index contributed by atoms with van der Waals surface area (Å²) in [6.45, 7) is 2.66. The van der Waals surface area contributed by atoms with Crippen LogP contribution in [0.5, 0.6) is 0 Å². The van der Waals surface area contributed by atoms with Gasteiger partial charge in [-0.1, -0.05) is 6.92 Å². The van der Waals surface area contributed by atoms with Gasteiger partial charge >= 0.3 is 0 Å². The van der Waals surface area contributed by atoms with Gasteiger partial charge in [-0.15, -0.1) is 11.3 Å². The van der Waals surface area contributed by atoms with Gasteiger partial charge in [-0.3, -0.25) is 14.5 Å². The molecular formula is C13H15BrN4OS. The summed E-state index contributed by atoms with van der Waals surface area (Å²) in [6.07, 6.45) is 4.23. The van der Waals surface area contributed by atoms with Gasteiger partial charge in [-0.25, -0.2) is 0 Å². The zero-order chi connectivity index (χ0) is 14.5. The van der Waals surface area contributed by atoms with Crippen LogP contribution in [0.1, 0.15) is 28.7 Å². The fourth-order valence-corrected chi connectivity index (χ4v) is 2.93. The number of carbonyl (C=O) groups excluding carboxylic acids is 1. The molecule has 0 fully saturated rings. The minimum Gasteiger partial charge on any atom is -0.351 e. The summed E-state index contributed by atoms with van der Waals surface area (Å²) in [6, 6.07) is 3.93. The van der Waals surface area contributed by atoms with Crippen LogP contribution in [0.25, 0.3) is 0 Å². The summed E-state index contributed by atoms with van der Waals surface area (Å²) in [5, 5.41) is 6.94. The van der Waals surface area contributed by atoms with Crippen molar-refractivity contribution < 1.29 is 4.79 Å². The number of halogens is 1. The Kier molecular flexibility index (Phi) is 5.08. The summed E-state index contributed by atoms with van der Waals surface area (Å²) in [4.78, 5) is 17.4. The van der Waals surface area contributed by atoms with Crippen LogP contribution in [0, 0.1) is 0 Å². The smallest absolute Gasteiger partial charge is 0.271 e. The summed E-state index contributed by atoms with van der Waals surface area (Å²) >= 11 is 4.99. The highest BCUT2D eigenvalue weighted by Crippen LogP contribution is 2.22. The summed E-state index contributed by atoms with van der Waals surface area (Å²) in [7, 11) is 1.74. The van der Waals surface area contributed by atoms with Crippen LogP contribution in [-0.4, -0.2) is 28.4 Å². The van der Waals surface area contributed by atoms with Crippen LogP contribution < -0.4 is 5.32 Å². The molecule has 106 valence electrons. The molecule has 0 aliphatic carbocycles. The largest absolute Gasteiger partial charge is 0.351 e. The van der Waals surface area contributed by atoms with E-state index >= 15 is 0 Å². The number of hydrogen-bond acceptors (Lipinski definition) is 4. The van der Waals surface area contributed by atoms with Crippen molar-refractivity contribution in [1.82, 2.24) is 15.1 Å². The van der Waals surface area contributed by atoms with Gasteiger partial charge in [0.05, 0.1) is 9.98 Å². The second-order valence-corrected chi connectivity index (χ2v) is 6.65. The van der Waals surface area contributed by atoms with Gasteiger partial charge in [-0.05, 0) is 34.5 Å². The summed E-state index contributed by atoms with van der Waals surface area (Å²) in [5.74, 6) is -0.147. The van der Waals surface area contributed by atoms with Crippen LogP contribution in [-0.2, 0) is 7.05 Å². The maximum Gasteiger partial charge on any atom is 0.271 e. The molecule has 0 aromatic carbocycles. The molecule has 0 saturated carbocycles. The lowest BCUT2D eigenvalue weighted by Gasteiger charge is -2.04. The second kappa shape index (κ2) is 6.81. The number of aliphatic imine (C=N–C) groups is 1. The highest BCUT2D eigenvalue weighted by atomic mass is 79.9. The van der Waals surface area contributed by atoms with Gasteiger partial charge in [0.15, 0.2) is 5.69 Å². The number of rotatable bonds is 5. The van der Waals surface area contributed by atoms with E-state index in [0.29, 0.717) is 17.9 Å². The van der Waals surface area contributed by atoms with Crippen LogP contribution in [0.3, 0.4) is 0 Å². The molecular weight excluding hydrogens is 340 g/mol. The van der Waals surface area contributed by atoms with Crippen LogP contribution in [0.2, 0.25) is 0 Å². The molecule has 7 heteroatoms. The molecule has 0 aliphatic rings. The molecule has 2 rings (SSSR count). The number of aryl methyl sites for hydroxylation is 1. The predicted octanol–water partition coefficient (Wildman–Crippen LogP) is 3.13. The van der Waals surface area contributed by atoms with Gasteiger partial charge in [0.25, 0.3) is 5.91 Å². The molecule has 0 bridgehead atoms. The van der Waals surface area contributed by atoms with Crippen molar-refractivity contribution in [3.05, 3.63) is 32.7 Å². The zero-order valence-electron chi connectivity index (χ0n) is 11.3. The minimum atomic E-state index is -0.147. The van der Waals surface area contributed by atoms with Crippen molar-refractivity contribution in [2.24, 2.45) is 12.0 Å². The van der Waals surface area contributed by atoms with Crippen LogP contribution in [0.4, 0.5) is 5.69 Å². The van der Waals surface area contributed by atoms with Crippen molar-refractivity contribution >= 4 is 45.1 Å². The standard InChI is InChI=1S/C13H15BrN4OS/c1-3-6-15-13(19)12-10(8-17-18(12)2)16-7-9-4-5-11(14)20-9/h4-5,7-8H,3,6H2,1-2H3,(H,15,19). The Morgan fingerprint density at radius 2 is 2.40 bits per heavy atom. The number of nitrogens with one attached hydrogen (secondary N) is 1. The quantitative estimate of drug-likeness (QED) is 0.838. The molecule has 1 amide bonds. The number of aromatic nitrogens is 2. The monoisotopic (exact) mass is 354 g/mol. The number of hydrogen-bond donors (Lipinski definition) is 1. The van der Waals surface area contributed by atoms with Gasteiger partial charge < -0.3 is 5.32 Å². The van der Waals surface area contributed by atoms with Gasteiger partial charge in [0.2, 0.25) is 0 Å². The van der Waals surface area contributed by atoms with E-state index in [4.69, 9.17) is 0 Å². The highest BCUT2D eigenvalue weighted by Gasteiger charge is 2.15. The van der Waals surface area contributed by atoms with E-state index in [1.165, 1.54) is 0 Å². The Morgan fingerprint density at radius 3 is 3.05 bits per heavy atom. The van der Waals surface area contributed by atoms with Crippen molar-refractivity contribution in [1.29, 1.82) is 0 Å². The first-order chi connectivity index (χ1) is 9.61. The Morgan fingerprint density at radius 1 is 1.60 bits per heavy atom. The third kappa shape index (κ3) is 3.55. The fourth-order valence-electron chi connectivity index (χ4n) is 1.64. The first-order valence-electron chi connectivity index (χ1n) is 6.21. The lowest BCUT2D eigenvalue weighted by molar-refractivity contribution is 0.0945. The first kappa shape index (κ1) is 14.9. The summed E-state index contributed by atoms with van der Waals surface area (Å²) < 4.78 is 2.59. The average molecular weight is 355 g/mol. The molecule has 2 heterocycles. The maximum atomic E-state index is 12.1. The third-order valence-corrected chi connectivity index (χ3v) is 4.15. The van der Waals surface area contributed by atoms with E-state index in [1.807, 2.05) is 19.1 Å². The molecule has 2 aromatic rings. The fraction of sp³-hybridized carbons (Fsp3) is 0.308. The molecule has 0 aliphatic heterocycles. The number of thiophene rings is 1. The molecule has 5 nitrogen and oxygen atoms in total. The molecule has 0 saturated heterocycles. The molecule has 0 atom stereocenters. The van der Waals surface area contributed by atoms with E-state index in [1.54, 1.807) is 35.5 Å². The Balaban J connectivity index is 2.20. The van der Waals surface area contributed by atoms with E-state index < -0.39 is 0 Å². The Bertz CT molecular complexity index is 632. The minimum absolute atomic E-state index is 0.147. The number of amides is 1. The lowest BCUT2D eigenvalue weighted by Crippen LogP contribution is -2.26. The second-order valence-electron chi connectivity index (χ2n) is 4.16. The SMILES string of the molecule is CCCNC(=O)c1c(N=Cc2ccc(Br)s2)cnn1C. The van der Waals surface area contributed by atoms with Crippen molar-refractivity contribution in [2.75, 3.05) is 6.54 Å². The number of nitrogens with zero attached hydrogens (tertiary/aromatic N) is 3. The van der Waals surface area contributed by atoms with Gasteiger partial charge in [0.1, 0.15) is 5.69 Å². The Labute approximate surface area is 129 Å². The van der Waals surface area contributed by atoms with E-state index in [-0.39, 0.29) is 5.91 Å². The van der Waals surface area contributed by atoms with Crippen molar-refractivity contribution in [3.63, 3.8) is 0 Å². The highest BCUT2D eigenvalue weighted by molar-refractivity contribution is 9.11. The molecule has 20 heavy (non-hydrogen) atoms. The normalized spacial score (nSPS) is 11.2. The topological polar surface area (TPSA) is 59.3 Å². The van der Waals surface area contributed by atoms with Crippen LogP contribution >= 0.6 is 27.3 Å². The molecule has 2 aromatic heterocycles. The Hall–Kier alpha value is -1.47. The van der Waals surface area contributed by atoms with Crippen molar-refractivity contribution in [3.8, 4) is 0 Å². The lowest BCUT2D eigenvalue weighted by atomic mass is 10.3.